The third kappa shape index (κ3) is 4.66. The summed E-state index contributed by atoms with van der Waals surface area (Å²) in [6.45, 7) is 7.29. The lowest BCUT2D eigenvalue weighted by molar-refractivity contribution is 0.300. The molecule has 7 heteroatoms. The van der Waals surface area contributed by atoms with Crippen LogP contribution in [0.3, 0.4) is 0 Å². The monoisotopic (exact) mass is 301 g/mol. The summed E-state index contributed by atoms with van der Waals surface area (Å²) in [5, 5.41) is 9.29. The van der Waals surface area contributed by atoms with Crippen molar-refractivity contribution in [2.75, 3.05) is 31.9 Å². The maximum absolute atomic E-state index is 12.0. The van der Waals surface area contributed by atoms with Gasteiger partial charge in [0, 0.05) is 6.54 Å². The van der Waals surface area contributed by atoms with Crippen LogP contribution in [0.1, 0.15) is 20.3 Å². The van der Waals surface area contributed by atoms with Crippen molar-refractivity contribution >= 4 is 15.7 Å². The Hall–Kier alpha value is -1.31. The van der Waals surface area contributed by atoms with Crippen LogP contribution in [0, 0.1) is 0 Å². The van der Waals surface area contributed by atoms with E-state index < -0.39 is 10.0 Å². The zero-order chi connectivity index (χ0) is 15.2. The van der Waals surface area contributed by atoms with Gasteiger partial charge in [0.2, 0.25) is 10.0 Å². The van der Waals surface area contributed by atoms with E-state index in [9.17, 15) is 13.5 Å². The largest absolute Gasteiger partial charge is 0.506 e. The first kappa shape index (κ1) is 16.7. The topological polar surface area (TPSA) is 95.7 Å². The number of nitrogen functional groups attached to an aromatic ring is 1. The van der Waals surface area contributed by atoms with Crippen molar-refractivity contribution in [1.82, 2.24) is 9.62 Å². The molecule has 0 aliphatic heterocycles. The molecule has 4 N–H and O–H groups in total. The van der Waals surface area contributed by atoms with Crippen LogP contribution in [0.25, 0.3) is 0 Å². The number of rotatable bonds is 8. The van der Waals surface area contributed by atoms with E-state index in [-0.39, 0.29) is 16.3 Å². The molecule has 1 aromatic rings. The van der Waals surface area contributed by atoms with Gasteiger partial charge >= 0.3 is 0 Å². The van der Waals surface area contributed by atoms with Crippen molar-refractivity contribution in [3.05, 3.63) is 18.2 Å². The van der Waals surface area contributed by atoms with Gasteiger partial charge in [0.25, 0.3) is 0 Å². The zero-order valence-electron chi connectivity index (χ0n) is 12.0. The Bertz CT molecular complexity index is 528. The van der Waals surface area contributed by atoms with Gasteiger partial charge in [-0.1, -0.05) is 13.8 Å². The molecule has 0 spiro atoms. The Balaban J connectivity index is 2.55. The van der Waals surface area contributed by atoms with Crippen LogP contribution < -0.4 is 10.5 Å². The average Bonchev–Trinajstić information content (AvgIpc) is 2.42. The second-order valence-electron chi connectivity index (χ2n) is 4.50. The molecular formula is C13H23N3O3S. The van der Waals surface area contributed by atoms with Crippen molar-refractivity contribution in [2.24, 2.45) is 0 Å². The molecule has 0 aromatic heterocycles. The fourth-order valence-electron chi connectivity index (χ4n) is 1.83. The van der Waals surface area contributed by atoms with Crippen LogP contribution in [-0.4, -0.2) is 44.6 Å². The molecule has 0 bridgehead atoms. The first-order valence-corrected chi connectivity index (χ1v) is 8.19. The minimum absolute atomic E-state index is 0.0519. The molecule has 0 saturated carbocycles. The number of nitrogens with zero attached hydrogens (tertiary/aromatic N) is 1. The number of nitrogens with one attached hydrogen (secondary N) is 1. The molecule has 0 aliphatic rings. The van der Waals surface area contributed by atoms with E-state index in [2.05, 4.69) is 23.5 Å². The van der Waals surface area contributed by atoms with E-state index in [0.717, 1.165) is 26.1 Å². The normalized spacial score (nSPS) is 11.9. The zero-order valence-corrected chi connectivity index (χ0v) is 12.8. The molecule has 0 fully saturated rings. The fraction of sp³-hybridized carbons (Fsp3) is 0.538. The highest BCUT2D eigenvalue weighted by Gasteiger charge is 2.14. The summed E-state index contributed by atoms with van der Waals surface area (Å²) in [6.07, 6.45) is 0.745. The van der Waals surface area contributed by atoms with E-state index in [4.69, 9.17) is 5.73 Å². The highest BCUT2D eigenvalue weighted by Crippen LogP contribution is 2.22. The number of nitrogens with two attached hydrogens (primary N) is 1. The van der Waals surface area contributed by atoms with Crippen molar-refractivity contribution in [2.45, 2.75) is 25.2 Å². The van der Waals surface area contributed by atoms with Gasteiger partial charge < -0.3 is 15.7 Å². The van der Waals surface area contributed by atoms with Crippen LogP contribution in [-0.2, 0) is 10.0 Å². The highest BCUT2D eigenvalue weighted by molar-refractivity contribution is 7.89. The molecule has 114 valence electrons. The van der Waals surface area contributed by atoms with E-state index in [1.807, 2.05) is 0 Å². The summed E-state index contributed by atoms with van der Waals surface area (Å²) in [5.74, 6) is -0.120. The predicted octanol–water partition coefficient (Wildman–Crippen LogP) is 0.985. The maximum Gasteiger partial charge on any atom is 0.240 e. The summed E-state index contributed by atoms with van der Waals surface area (Å²) in [6, 6.07) is 3.86. The molecule has 0 aliphatic carbocycles. The van der Waals surface area contributed by atoms with Gasteiger partial charge in [-0.15, -0.1) is 0 Å². The lowest BCUT2D eigenvalue weighted by Gasteiger charge is -2.17. The number of anilines is 1. The Labute approximate surface area is 120 Å². The van der Waals surface area contributed by atoms with Crippen molar-refractivity contribution in [3.8, 4) is 5.75 Å². The molecule has 1 aromatic carbocycles. The van der Waals surface area contributed by atoms with Gasteiger partial charge in [-0.25, -0.2) is 13.1 Å². The number of phenolic OH excluding ortho intramolecular Hbond substituents is 1. The van der Waals surface area contributed by atoms with Crippen molar-refractivity contribution in [3.63, 3.8) is 0 Å². The van der Waals surface area contributed by atoms with Crippen molar-refractivity contribution in [1.29, 1.82) is 0 Å². The molecular weight excluding hydrogens is 278 g/mol. The Morgan fingerprint density at radius 3 is 2.50 bits per heavy atom. The fourth-order valence-corrected chi connectivity index (χ4v) is 2.94. The number of phenols is 1. The summed E-state index contributed by atoms with van der Waals surface area (Å²) in [7, 11) is -3.57. The summed E-state index contributed by atoms with van der Waals surface area (Å²) in [4.78, 5) is 2.29. The Kier molecular flexibility index (Phi) is 6.25. The third-order valence-electron chi connectivity index (χ3n) is 3.15. The molecule has 0 amide bonds. The number of benzene rings is 1. The molecule has 0 radical (unpaired) electrons. The van der Waals surface area contributed by atoms with Crippen LogP contribution in [0.4, 0.5) is 5.69 Å². The van der Waals surface area contributed by atoms with Crippen molar-refractivity contribution < 1.29 is 13.5 Å². The van der Waals surface area contributed by atoms with Gasteiger partial charge in [-0.2, -0.15) is 0 Å². The van der Waals surface area contributed by atoms with Crippen LogP contribution in [0.5, 0.6) is 5.75 Å². The SMILES string of the molecule is CCN(CC)CCCNS(=O)(=O)c1ccc(O)c(N)c1. The summed E-state index contributed by atoms with van der Waals surface area (Å²) in [5.41, 5.74) is 5.55. The standard InChI is InChI=1S/C13H23N3O3S/c1-3-16(4-2)9-5-8-15-20(18,19)11-6-7-13(17)12(14)10-11/h6-7,10,15,17H,3-5,8-9,14H2,1-2H3. The number of aromatic hydroxyl groups is 1. The third-order valence-corrected chi connectivity index (χ3v) is 4.61. The van der Waals surface area contributed by atoms with Gasteiger partial charge in [0.05, 0.1) is 10.6 Å². The first-order valence-electron chi connectivity index (χ1n) is 6.71. The summed E-state index contributed by atoms with van der Waals surface area (Å²) < 4.78 is 26.6. The summed E-state index contributed by atoms with van der Waals surface area (Å²) >= 11 is 0. The number of sulfonamides is 1. The molecule has 0 saturated heterocycles. The quantitative estimate of drug-likeness (QED) is 0.378. The Morgan fingerprint density at radius 2 is 1.95 bits per heavy atom. The van der Waals surface area contributed by atoms with E-state index in [1.54, 1.807) is 0 Å². The molecule has 0 heterocycles. The van der Waals surface area contributed by atoms with Gasteiger partial charge in [-0.3, -0.25) is 0 Å². The molecule has 20 heavy (non-hydrogen) atoms. The Morgan fingerprint density at radius 1 is 1.30 bits per heavy atom. The second kappa shape index (κ2) is 7.47. The maximum atomic E-state index is 12.0. The lowest BCUT2D eigenvalue weighted by atomic mass is 10.3. The second-order valence-corrected chi connectivity index (χ2v) is 6.27. The average molecular weight is 301 g/mol. The van der Waals surface area contributed by atoms with Gasteiger partial charge in [0.1, 0.15) is 5.75 Å². The predicted molar refractivity (Wildman–Crippen MR) is 80.1 cm³/mol. The molecule has 0 atom stereocenters. The number of hydrogen-bond donors (Lipinski definition) is 3. The van der Waals surface area contributed by atoms with Gasteiger partial charge in [-0.05, 0) is 44.3 Å². The minimum atomic E-state index is -3.57. The molecule has 6 nitrogen and oxygen atoms in total. The highest BCUT2D eigenvalue weighted by atomic mass is 32.2. The molecule has 1 rings (SSSR count). The van der Waals surface area contributed by atoms with E-state index in [1.165, 1.54) is 18.2 Å². The van der Waals surface area contributed by atoms with Crippen LogP contribution in [0.15, 0.2) is 23.1 Å². The van der Waals surface area contributed by atoms with E-state index in [0.29, 0.717) is 6.54 Å². The molecule has 0 unspecified atom stereocenters. The minimum Gasteiger partial charge on any atom is -0.506 e. The smallest absolute Gasteiger partial charge is 0.240 e. The first-order chi connectivity index (χ1) is 9.40. The van der Waals surface area contributed by atoms with Crippen LogP contribution >= 0.6 is 0 Å². The van der Waals surface area contributed by atoms with Crippen LogP contribution in [0.2, 0.25) is 0 Å². The lowest BCUT2D eigenvalue weighted by Crippen LogP contribution is -2.30. The van der Waals surface area contributed by atoms with E-state index >= 15 is 0 Å². The van der Waals surface area contributed by atoms with Gasteiger partial charge in [0.15, 0.2) is 0 Å². The number of hydrogen-bond acceptors (Lipinski definition) is 5.